The lowest BCUT2D eigenvalue weighted by molar-refractivity contribution is -0.128. The molecule has 2 saturated heterocycles. The highest BCUT2D eigenvalue weighted by molar-refractivity contribution is 6.31. The molecule has 0 aliphatic carbocycles. The molecule has 39 heavy (non-hydrogen) atoms. The maximum atomic E-state index is 14.6. The summed E-state index contributed by atoms with van der Waals surface area (Å²) in [5.41, 5.74) is 1.91. The van der Waals surface area contributed by atoms with Crippen LogP contribution in [0.4, 0.5) is 8.78 Å². The van der Waals surface area contributed by atoms with Gasteiger partial charge in [0.2, 0.25) is 0 Å². The van der Waals surface area contributed by atoms with Crippen LogP contribution in [0.1, 0.15) is 32.3 Å². The molecule has 0 aromatic heterocycles. The van der Waals surface area contributed by atoms with Crippen LogP contribution in [-0.2, 0) is 11.3 Å². The number of allylic oxidation sites excluding steroid dienone is 5. The van der Waals surface area contributed by atoms with Crippen molar-refractivity contribution in [1.82, 2.24) is 20.0 Å². The van der Waals surface area contributed by atoms with Gasteiger partial charge in [-0.25, -0.2) is 13.8 Å². The predicted molar refractivity (Wildman–Crippen MR) is 155 cm³/mol. The van der Waals surface area contributed by atoms with Gasteiger partial charge in [-0.15, -0.1) is 0 Å². The van der Waals surface area contributed by atoms with E-state index in [0.29, 0.717) is 37.7 Å². The van der Waals surface area contributed by atoms with E-state index in [1.54, 1.807) is 22.8 Å². The fraction of sp³-hybridized carbons (Fsp3) is 0.400. The highest BCUT2D eigenvalue weighted by Gasteiger charge is 2.26. The summed E-state index contributed by atoms with van der Waals surface area (Å²) in [6.45, 7) is 16.7. The Morgan fingerprint density at radius 2 is 1.85 bits per heavy atom. The van der Waals surface area contributed by atoms with E-state index in [-0.39, 0.29) is 28.7 Å². The van der Waals surface area contributed by atoms with Gasteiger partial charge in [0.05, 0.1) is 10.7 Å². The summed E-state index contributed by atoms with van der Waals surface area (Å²) in [6.07, 6.45) is 11.2. The average molecular weight is 558 g/mol. The Balaban J connectivity index is 1.69. The van der Waals surface area contributed by atoms with Crippen molar-refractivity contribution in [2.24, 2.45) is 4.99 Å². The van der Waals surface area contributed by atoms with Crippen LogP contribution in [-0.4, -0.2) is 72.3 Å². The number of benzene rings is 1. The van der Waals surface area contributed by atoms with Crippen molar-refractivity contribution in [2.45, 2.75) is 33.2 Å². The van der Waals surface area contributed by atoms with Gasteiger partial charge < -0.3 is 15.1 Å². The minimum atomic E-state index is -0.684. The highest BCUT2D eigenvalue weighted by Crippen LogP contribution is 2.26. The van der Waals surface area contributed by atoms with Gasteiger partial charge in [-0.2, -0.15) is 0 Å². The van der Waals surface area contributed by atoms with Gasteiger partial charge >= 0.3 is 0 Å². The molecule has 1 aromatic rings. The first-order chi connectivity index (χ1) is 18.7. The summed E-state index contributed by atoms with van der Waals surface area (Å²) in [6, 6.07) is 2.07. The molecular weight excluding hydrogens is 520 g/mol. The zero-order valence-corrected chi connectivity index (χ0v) is 23.6. The summed E-state index contributed by atoms with van der Waals surface area (Å²) in [7, 11) is 0. The van der Waals surface area contributed by atoms with Crippen molar-refractivity contribution in [1.29, 1.82) is 0 Å². The second-order valence-corrected chi connectivity index (χ2v) is 9.92. The molecule has 2 aliphatic rings. The molecule has 3 rings (SSSR count). The zero-order chi connectivity index (χ0) is 28.4. The summed E-state index contributed by atoms with van der Waals surface area (Å²) in [5, 5.41) is 2.95. The molecule has 0 radical (unpaired) electrons. The van der Waals surface area contributed by atoms with Crippen LogP contribution < -0.4 is 5.32 Å². The molecule has 0 atom stereocenters. The summed E-state index contributed by atoms with van der Waals surface area (Å²) in [5.74, 6) is -1.04. The number of amidine groups is 1. The van der Waals surface area contributed by atoms with Crippen LogP contribution in [0.5, 0.6) is 0 Å². The van der Waals surface area contributed by atoms with Gasteiger partial charge in [-0.3, -0.25) is 9.69 Å². The van der Waals surface area contributed by atoms with Crippen LogP contribution in [0, 0.1) is 11.6 Å². The number of aliphatic imine (C=N–C) groups is 1. The molecule has 1 amide bonds. The van der Waals surface area contributed by atoms with E-state index in [2.05, 4.69) is 23.4 Å². The molecule has 210 valence electrons. The van der Waals surface area contributed by atoms with Crippen LogP contribution in [0.25, 0.3) is 0 Å². The first-order valence-electron chi connectivity index (χ1n) is 13.3. The van der Waals surface area contributed by atoms with Crippen molar-refractivity contribution < 1.29 is 13.6 Å². The summed E-state index contributed by atoms with van der Waals surface area (Å²) in [4.78, 5) is 24.1. The Labute approximate surface area is 235 Å². The van der Waals surface area contributed by atoms with E-state index < -0.39 is 11.6 Å². The van der Waals surface area contributed by atoms with E-state index in [0.717, 1.165) is 50.2 Å². The lowest BCUT2D eigenvalue weighted by Crippen LogP contribution is -2.49. The van der Waals surface area contributed by atoms with Crippen LogP contribution in [0.3, 0.4) is 0 Å². The number of carbonyl (C=O) groups is 1. The van der Waals surface area contributed by atoms with Gasteiger partial charge in [0.1, 0.15) is 17.3 Å². The molecule has 1 N–H and O–H groups in total. The number of amides is 1. The molecule has 2 fully saturated rings. The van der Waals surface area contributed by atoms with Gasteiger partial charge in [0.25, 0.3) is 5.91 Å². The number of piperazine rings is 1. The highest BCUT2D eigenvalue weighted by atomic mass is 35.5. The van der Waals surface area contributed by atoms with Crippen molar-refractivity contribution in [3.8, 4) is 0 Å². The second-order valence-electron chi connectivity index (χ2n) is 9.54. The Morgan fingerprint density at radius 1 is 1.13 bits per heavy atom. The number of halogens is 3. The molecule has 0 bridgehead atoms. The van der Waals surface area contributed by atoms with Crippen LogP contribution in [0.15, 0.2) is 77.6 Å². The lowest BCUT2D eigenvalue weighted by atomic mass is 10.1. The Morgan fingerprint density at radius 3 is 2.54 bits per heavy atom. The number of rotatable bonds is 9. The number of carbonyl (C=O) groups excluding carboxylic acids is 1. The van der Waals surface area contributed by atoms with E-state index in [9.17, 15) is 13.6 Å². The molecular formula is C30H38ClF2N5O. The Hall–Kier alpha value is -3.23. The third-order valence-electron chi connectivity index (χ3n) is 6.76. The van der Waals surface area contributed by atoms with Gasteiger partial charge in [0, 0.05) is 57.9 Å². The fourth-order valence-electron chi connectivity index (χ4n) is 4.46. The fourth-order valence-corrected chi connectivity index (χ4v) is 4.67. The quantitative estimate of drug-likeness (QED) is 0.249. The van der Waals surface area contributed by atoms with E-state index in [1.807, 2.05) is 31.2 Å². The topological polar surface area (TPSA) is 51.2 Å². The molecule has 6 nitrogen and oxygen atoms in total. The van der Waals surface area contributed by atoms with Gasteiger partial charge in [-0.05, 0) is 38.8 Å². The first-order valence-corrected chi connectivity index (χ1v) is 13.7. The maximum Gasteiger partial charge on any atom is 0.272 e. The minimum absolute atomic E-state index is 0.00102. The lowest BCUT2D eigenvalue weighted by Gasteiger charge is -2.35. The number of hydrogen-bond donors (Lipinski definition) is 1. The van der Waals surface area contributed by atoms with Crippen molar-refractivity contribution in [2.75, 3.05) is 45.8 Å². The Bertz CT molecular complexity index is 1180. The zero-order valence-electron chi connectivity index (χ0n) is 22.9. The number of nitrogens with one attached hydrogen (secondary N) is 1. The monoisotopic (exact) mass is 557 g/mol. The maximum absolute atomic E-state index is 14.6. The third-order valence-corrected chi connectivity index (χ3v) is 7.17. The van der Waals surface area contributed by atoms with Gasteiger partial charge in [-0.1, -0.05) is 60.7 Å². The standard InChI is InChI=1S/C30H38ClF2N5O/c1-5-7-8-10-22(3)13-16-36-17-19-37(20-18-36)30(39)27(6-2)35-29-23(4)34-14-9-15-38(29)21-24-25(32)11-12-26(33)28(24)31/h5-8,10-12,34H,3-4,9,13-21H2,1-2H3/b7-5-,10-8-,27-6-,35-29?. The molecule has 2 heterocycles. The number of nitrogens with zero attached hydrogens (tertiary/aromatic N) is 4. The SMILES string of the molecule is C=C(/C=C\C=C/C)CCN1CCN(C(=O)/C(=C/C)N=C2C(=C)NCCCN2Cc2c(F)ccc(F)c2Cl)CC1. The van der Waals surface area contributed by atoms with Crippen LogP contribution >= 0.6 is 11.6 Å². The van der Waals surface area contributed by atoms with Crippen LogP contribution in [0.2, 0.25) is 5.02 Å². The van der Waals surface area contributed by atoms with E-state index in [1.165, 1.54) is 0 Å². The molecule has 2 aliphatic heterocycles. The number of hydrogen-bond acceptors (Lipinski definition) is 4. The second kappa shape index (κ2) is 14.8. The predicted octanol–water partition coefficient (Wildman–Crippen LogP) is 5.45. The van der Waals surface area contributed by atoms with Crippen molar-refractivity contribution >= 4 is 23.3 Å². The van der Waals surface area contributed by atoms with Crippen molar-refractivity contribution in [3.63, 3.8) is 0 Å². The minimum Gasteiger partial charge on any atom is -0.382 e. The third kappa shape index (κ3) is 8.38. The molecule has 0 spiro atoms. The van der Waals surface area contributed by atoms with E-state index in [4.69, 9.17) is 16.6 Å². The molecule has 9 heteroatoms. The van der Waals surface area contributed by atoms with E-state index >= 15 is 0 Å². The average Bonchev–Trinajstić information content (AvgIpc) is 3.11. The molecule has 0 unspecified atom stereocenters. The first kappa shape index (κ1) is 30.3. The molecule has 0 saturated carbocycles. The molecule has 1 aromatic carbocycles. The summed E-state index contributed by atoms with van der Waals surface area (Å²) >= 11 is 6.10. The largest absolute Gasteiger partial charge is 0.382 e. The normalized spacial score (nSPS) is 18.7. The van der Waals surface area contributed by atoms with Gasteiger partial charge in [0.15, 0.2) is 5.84 Å². The Kier molecular flexibility index (Phi) is 11.5. The summed E-state index contributed by atoms with van der Waals surface area (Å²) < 4.78 is 28.6. The smallest absolute Gasteiger partial charge is 0.272 e. The van der Waals surface area contributed by atoms with Crippen molar-refractivity contribution in [3.05, 3.63) is 94.9 Å².